The van der Waals surface area contributed by atoms with Crippen LogP contribution in [0.5, 0.6) is 0 Å². The van der Waals surface area contributed by atoms with Crippen molar-refractivity contribution in [2.75, 3.05) is 6.54 Å². The Kier molecular flexibility index (Phi) is 2.84. The van der Waals surface area contributed by atoms with Gasteiger partial charge in [-0.05, 0) is 50.0 Å². The van der Waals surface area contributed by atoms with Gasteiger partial charge < -0.3 is 9.73 Å². The van der Waals surface area contributed by atoms with Crippen molar-refractivity contribution < 1.29 is 4.42 Å². The first-order valence-electron chi connectivity index (χ1n) is 5.17. The van der Waals surface area contributed by atoms with Crippen molar-refractivity contribution in [2.24, 2.45) is 0 Å². The van der Waals surface area contributed by atoms with E-state index in [1.54, 1.807) is 0 Å². The summed E-state index contributed by atoms with van der Waals surface area (Å²) in [5, 5.41) is 4.04. The third-order valence-corrected chi connectivity index (χ3v) is 3.10. The first kappa shape index (κ1) is 10.1. The van der Waals surface area contributed by atoms with Crippen molar-refractivity contribution in [3.63, 3.8) is 0 Å². The van der Waals surface area contributed by atoms with Crippen LogP contribution in [0.4, 0.5) is 0 Å². The topological polar surface area (TPSA) is 25.2 Å². The van der Waals surface area contributed by atoms with Gasteiger partial charge in [-0.15, -0.1) is 0 Å². The molecule has 1 atom stereocenters. The van der Waals surface area contributed by atoms with Crippen LogP contribution >= 0.6 is 11.6 Å². The molecule has 1 fully saturated rings. The fourth-order valence-corrected chi connectivity index (χ4v) is 2.26. The SMILES string of the molecule is CC1(Cc2ccc(Cl)o2)CCCCN1. The van der Waals surface area contributed by atoms with Gasteiger partial charge in [-0.3, -0.25) is 0 Å². The molecule has 1 aromatic rings. The minimum atomic E-state index is 0.194. The van der Waals surface area contributed by atoms with E-state index < -0.39 is 0 Å². The lowest BCUT2D eigenvalue weighted by Gasteiger charge is -2.34. The zero-order valence-electron chi connectivity index (χ0n) is 8.48. The number of hydrogen-bond acceptors (Lipinski definition) is 2. The van der Waals surface area contributed by atoms with Gasteiger partial charge in [0.2, 0.25) is 0 Å². The van der Waals surface area contributed by atoms with Crippen molar-refractivity contribution in [1.29, 1.82) is 0 Å². The highest BCUT2D eigenvalue weighted by molar-refractivity contribution is 6.28. The molecule has 1 aliphatic heterocycles. The standard InChI is InChI=1S/C11H16ClNO/c1-11(6-2-3-7-13-11)8-9-4-5-10(12)14-9/h4-5,13H,2-3,6-8H2,1H3. The van der Waals surface area contributed by atoms with E-state index in [4.69, 9.17) is 16.0 Å². The van der Waals surface area contributed by atoms with Gasteiger partial charge in [0, 0.05) is 12.0 Å². The summed E-state index contributed by atoms with van der Waals surface area (Å²) in [6, 6.07) is 3.77. The fourth-order valence-electron chi connectivity index (χ4n) is 2.10. The van der Waals surface area contributed by atoms with Crippen molar-refractivity contribution in [1.82, 2.24) is 5.32 Å². The molecule has 0 amide bonds. The molecule has 14 heavy (non-hydrogen) atoms. The quantitative estimate of drug-likeness (QED) is 0.817. The highest BCUT2D eigenvalue weighted by Gasteiger charge is 2.27. The Labute approximate surface area is 89.6 Å². The van der Waals surface area contributed by atoms with E-state index in [9.17, 15) is 0 Å². The molecule has 0 bridgehead atoms. The lowest BCUT2D eigenvalue weighted by Crippen LogP contribution is -2.47. The average molecular weight is 214 g/mol. The number of hydrogen-bond donors (Lipinski definition) is 1. The molecule has 1 saturated heterocycles. The second-order valence-electron chi connectivity index (χ2n) is 4.33. The number of rotatable bonds is 2. The molecule has 0 spiro atoms. The molecule has 2 heterocycles. The smallest absolute Gasteiger partial charge is 0.193 e. The van der Waals surface area contributed by atoms with E-state index in [-0.39, 0.29) is 5.54 Å². The van der Waals surface area contributed by atoms with Crippen molar-refractivity contribution in [2.45, 2.75) is 38.1 Å². The Bertz CT molecular complexity index is 302. The van der Waals surface area contributed by atoms with E-state index in [0.29, 0.717) is 5.22 Å². The van der Waals surface area contributed by atoms with Gasteiger partial charge in [-0.2, -0.15) is 0 Å². The lowest BCUT2D eigenvalue weighted by atomic mass is 9.87. The fraction of sp³-hybridized carbons (Fsp3) is 0.636. The zero-order valence-corrected chi connectivity index (χ0v) is 9.23. The minimum absolute atomic E-state index is 0.194. The molecule has 1 unspecified atom stereocenters. The summed E-state index contributed by atoms with van der Waals surface area (Å²) in [4.78, 5) is 0. The third kappa shape index (κ3) is 2.31. The van der Waals surface area contributed by atoms with Crippen LogP contribution < -0.4 is 5.32 Å². The minimum Gasteiger partial charge on any atom is -0.450 e. The summed E-state index contributed by atoms with van der Waals surface area (Å²) < 4.78 is 5.38. The Morgan fingerprint density at radius 3 is 2.93 bits per heavy atom. The number of nitrogens with one attached hydrogen (secondary N) is 1. The molecular formula is C11H16ClNO. The molecule has 1 aromatic heterocycles. The summed E-state index contributed by atoms with van der Waals surface area (Å²) in [5.74, 6) is 0.979. The maximum Gasteiger partial charge on any atom is 0.193 e. The summed E-state index contributed by atoms with van der Waals surface area (Å²) >= 11 is 5.74. The van der Waals surface area contributed by atoms with Crippen molar-refractivity contribution in [3.05, 3.63) is 23.1 Å². The number of halogens is 1. The van der Waals surface area contributed by atoms with E-state index in [1.165, 1.54) is 19.3 Å². The molecule has 0 aromatic carbocycles. The largest absolute Gasteiger partial charge is 0.450 e. The maximum absolute atomic E-state index is 5.74. The van der Waals surface area contributed by atoms with Gasteiger partial charge >= 0.3 is 0 Å². The van der Waals surface area contributed by atoms with Gasteiger partial charge in [0.25, 0.3) is 0 Å². The first-order chi connectivity index (χ1) is 6.68. The van der Waals surface area contributed by atoms with Gasteiger partial charge in [-0.25, -0.2) is 0 Å². The molecule has 3 heteroatoms. The summed E-state index contributed by atoms with van der Waals surface area (Å²) in [7, 11) is 0. The second kappa shape index (κ2) is 3.95. The highest BCUT2D eigenvalue weighted by atomic mass is 35.5. The van der Waals surface area contributed by atoms with E-state index in [0.717, 1.165) is 18.7 Å². The molecule has 1 N–H and O–H groups in total. The maximum atomic E-state index is 5.74. The summed E-state index contributed by atoms with van der Waals surface area (Å²) in [6.07, 6.45) is 4.73. The predicted octanol–water partition coefficient (Wildman–Crippen LogP) is 3.01. The number of furan rings is 1. The monoisotopic (exact) mass is 213 g/mol. The van der Waals surface area contributed by atoms with Crippen LogP contribution in [0, 0.1) is 0 Å². The van der Waals surface area contributed by atoms with E-state index in [1.807, 2.05) is 12.1 Å². The van der Waals surface area contributed by atoms with Crippen LogP contribution in [0.1, 0.15) is 31.9 Å². The molecular weight excluding hydrogens is 198 g/mol. The molecule has 0 saturated carbocycles. The van der Waals surface area contributed by atoms with Gasteiger partial charge in [0.05, 0.1) is 0 Å². The van der Waals surface area contributed by atoms with Crippen LogP contribution in [0.15, 0.2) is 16.5 Å². The normalized spacial score (nSPS) is 27.9. The van der Waals surface area contributed by atoms with Crippen LogP contribution in [-0.4, -0.2) is 12.1 Å². The van der Waals surface area contributed by atoms with Crippen molar-refractivity contribution >= 4 is 11.6 Å². The Morgan fingerprint density at radius 1 is 1.50 bits per heavy atom. The molecule has 0 radical (unpaired) electrons. The Hall–Kier alpha value is -0.470. The third-order valence-electron chi connectivity index (χ3n) is 2.90. The summed E-state index contributed by atoms with van der Waals surface area (Å²) in [5.41, 5.74) is 0.194. The second-order valence-corrected chi connectivity index (χ2v) is 4.70. The zero-order chi connectivity index (χ0) is 10.0. The highest BCUT2D eigenvalue weighted by Crippen LogP contribution is 2.25. The van der Waals surface area contributed by atoms with E-state index in [2.05, 4.69) is 12.2 Å². The van der Waals surface area contributed by atoms with Crippen LogP contribution in [0.2, 0.25) is 5.22 Å². The van der Waals surface area contributed by atoms with E-state index >= 15 is 0 Å². The van der Waals surface area contributed by atoms with Gasteiger partial charge in [-0.1, -0.05) is 6.42 Å². The van der Waals surface area contributed by atoms with Crippen LogP contribution in [0.3, 0.4) is 0 Å². The summed E-state index contributed by atoms with van der Waals surface area (Å²) in [6.45, 7) is 3.37. The Balaban J connectivity index is 2.01. The predicted molar refractivity (Wildman–Crippen MR) is 57.7 cm³/mol. The van der Waals surface area contributed by atoms with Crippen LogP contribution in [0.25, 0.3) is 0 Å². The van der Waals surface area contributed by atoms with Gasteiger partial charge in [0.15, 0.2) is 5.22 Å². The molecule has 78 valence electrons. The van der Waals surface area contributed by atoms with Gasteiger partial charge in [0.1, 0.15) is 5.76 Å². The molecule has 2 rings (SSSR count). The molecule has 2 nitrogen and oxygen atoms in total. The Morgan fingerprint density at radius 2 is 2.36 bits per heavy atom. The number of piperidine rings is 1. The van der Waals surface area contributed by atoms with Crippen molar-refractivity contribution in [3.8, 4) is 0 Å². The van der Waals surface area contributed by atoms with Crippen LogP contribution in [-0.2, 0) is 6.42 Å². The molecule has 1 aliphatic rings. The molecule has 0 aliphatic carbocycles. The average Bonchev–Trinajstić information content (AvgIpc) is 2.51. The lowest BCUT2D eigenvalue weighted by molar-refractivity contribution is 0.261. The first-order valence-corrected chi connectivity index (χ1v) is 5.55.